The zero-order valence-corrected chi connectivity index (χ0v) is 15.5. The highest BCUT2D eigenvalue weighted by Gasteiger charge is 2.30. The van der Waals surface area contributed by atoms with Crippen molar-refractivity contribution >= 4 is 39.6 Å². The van der Waals surface area contributed by atoms with Gasteiger partial charge in [-0.3, -0.25) is 9.59 Å². The smallest absolute Gasteiger partial charge is 0.320 e. The summed E-state index contributed by atoms with van der Waals surface area (Å²) in [7, 11) is 4.41. The molecule has 1 fully saturated rings. The molecule has 0 spiro atoms. The molecule has 6 nitrogen and oxygen atoms in total. The number of rotatable bonds is 4. The summed E-state index contributed by atoms with van der Waals surface area (Å²) in [6, 6.07) is 3.31. The molecule has 1 aliphatic rings. The molecule has 1 amide bonds. The number of amides is 1. The number of halogens is 1. The van der Waals surface area contributed by atoms with Gasteiger partial charge >= 0.3 is 5.97 Å². The molecule has 2 rings (SSSR count). The van der Waals surface area contributed by atoms with E-state index in [1.54, 1.807) is 17.0 Å². The Morgan fingerprint density at radius 2 is 1.83 bits per heavy atom. The lowest BCUT2D eigenvalue weighted by atomic mass is 10.1. The first-order valence-electron chi connectivity index (χ1n) is 6.92. The van der Waals surface area contributed by atoms with E-state index >= 15 is 0 Å². The highest BCUT2D eigenvalue weighted by atomic mass is 79.9. The number of thioether (sulfide) groups is 1. The van der Waals surface area contributed by atoms with Gasteiger partial charge < -0.3 is 19.1 Å². The van der Waals surface area contributed by atoms with Gasteiger partial charge in [0, 0.05) is 24.4 Å². The quantitative estimate of drug-likeness (QED) is 0.717. The van der Waals surface area contributed by atoms with Gasteiger partial charge in [0.25, 0.3) is 5.91 Å². The monoisotopic (exact) mass is 403 g/mol. The van der Waals surface area contributed by atoms with Gasteiger partial charge in [0.05, 0.1) is 21.3 Å². The van der Waals surface area contributed by atoms with Gasteiger partial charge in [0.15, 0.2) is 0 Å². The summed E-state index contributed by atoms with van der Waals surface area (Å²) < 4.78 is 16.0. The van der Waals surface area contributed by atoms with E-state index in [1.807, 2.05) is 0 Å². The summed E-state index contributed by atoms with van der Waals surface area (Å²) in [5, 5.41) is -0.350. The summed E-state index contributed by atoms with van der Waals surface area (Å²) in [5.74, 6) is 1.25. The second-order valence-electron chi connectivity index (χ2n) is 4.83. The highest BCUT2D eigenvalue weighted by molar-refractivity contribution is 9.10. The molecule has 1 aromatic rings. The molecule has 1 heterocycles. The number of methoxy groups -OCH3 is 3. The molecule has 1 aromatic carbocycles. The van der Waals surface area contributed by atoms with Crippen molar-refractivity contribution in [1.29, 1.82) is 0 Å². The zero-order chi connectivity index (χ0) is 17.0. The minimum Gasteiger partial charge on any atom is -0.495 e. The zero-order valence-electron chi connectivity index (χ0n) is 13.1. The standard InChI is InChI=1S/C15H18BrNO5S/c1-20-10-6-9(7-11(21-2)13(10)16)14(18)17-4-5-23-12(8-17)15(19)22-3/h6-7,12H,4-5,8H2,1-3H3/t12-/m0/s1. The molecule has 0 aliphatic carbocycles. The Kier molecular flexibility index (Phi) is 6.17. The molecule has 23 heavy (non-hydrogen) atoms. The van der Waals surface area contributed by atoms with E-state index < -0.39 is 0 Å². The molecule has 0 N–H and O–H groups in total. The summed E-state index contributed by atoms with van der Waals surface area (Å²) in [5.41, 5.74) is 0.456. The summed E-state index contributed by atoms with van der Waals surface area (Å²) >= 11 is 4.88. The number of carbonyl (C=O) groups is 2. The maximum Gasteiger partial charge on any atom is 0.320 e. The third-order valence-electron chi connectivity index (χ3n) is 3.51. The van der Waals surface area contributed by atoms with Gasteiger partial charge in [0.2, 0.25) is 0 Å². The van der Waals surface area contributed by atoms with Crippen molar-refractivity contribution in [3.63, 3.8) is 0 Å². The van der Waals surface area contributed by atoms with Crippen LogP contribution in [0.1, 0.15) is 10.4 Å². The summed E-state index contributed by atoms with van der Waals surface area (Å²) in [4.78, 5) is 26.1. The van der Waals surface area contributed by atoms with Gasteiger partial charge in [-0.15, -0.1) is 11.8 Å². The molecule has 1 aliphatic heterocycles. The van der Waals surface area contributed by atoms with E-state index in [4.69, 9.17) is 14.2 Å². The average Bonchev–Trinajstić information content (AvgIpc) is 2.60. The number of hydrogen-bond donors (Lipinski definition) is 0. The third kappa shape index (κ3) is 3.92. The van der Waals surface area contributed by atoms with Crippen molar-refractivity contribution in [2.45, 2.75) is 5.25 Å². The van der Waals surface area contributed by atoms with Crippen LogP contribution in [0.15, 0.2) is 16.6 Å². The SMILES string of the molecule is COC(=O)[C@@H]1CN(C(=O)c2cc(OC)c(Br)c(OC)c2)CCS1. The van der Waals surface area contributed by atoms with Crippen molar-refractivity contribution in [3.05, 3.63) is 22.2 Å². The number of carbonyl (C=O) groups excluding carboxylic acids is 2. The lowest BCUT2D eigenvalue weighted by Crippen LogP contribution is -2.45. The van der Waals surface area contributed by atoms with Gasteiger partial charge in [-0.2, -0.15) is 0 Å². The summed E-state index contributed by atoms with van der Waals surface area (Å²) in [6.07, 6.45) is 0. The van der Waals surface area contributed by atoms with Crippen LogP contribution >= 0.6 is 27.7 Å². The first-order chi connectivity index (χ1) is 11.0. The van der Waals surface area contributed by atoms with Gasteiger partial charge in [-0.1, -0.05) is 0 Å². The molecule has 0 bridgehead atoms. The predicted molar refractivity (Wildman–Crippen MR) is 91.4 cm³/mol. The van der Waals surface area contributed by atoms with E-state index in [2.05, 4.69) is 15.9 Å². The van der Waals surface area contributed by atoms with E-state index in [9.17, 15) is 9.59 Å². The number of hydrogen-bond acceptors (Lipinski definition) is 6. The normalized spacial score (nSPS) is 17.6. The van der Waals surface area contributed by atoms with Crippen LogP contribution < -0.4 is 9.47 Å². The molecule has 1 saturated heterocycles. The van der Waals surface area contributed by atoms with E-state index in [0.29, 0.717) is 40.4 Å². The molecule has 0 radical (unpaired) electrons. The Morgan fingerprint density at radius 1 is 1.22 bits per heavy atom. The Hall–Kier alpha value is -1.41. The molecule has 0 unspecified atom stereocenters. The fourth-order valence-electron chi connectivity index (χ4n) is 2.28. The molecule has 126 valence electrons. The minimum atomic E-state index is -0.350. The second kappa shape index (κ2) is 7.92. The van der Waals surface area contributed by atoms with Crippen molar-refractivity contribution < 1.29 is 23.8 Å². The Labute approximate surface area is 147 Å². The van der Waals surface area contributed by atoms with Crippen LogP contribution in [-0.4, -0.2) is 62.2 Å². The van der Waals surface area contributed by atoms with Crippen LogP contribution in [-0.2, 0) is 9.53 Å². The third-order valence-corrected chi connectivity index (χ3v) is 5.45. The first kappa shape index (κ1) is 17.9. The Bertz CT molecular complexity index is 585. The predicted octanol–water partition coefficient (Wildman–Crippen LogP) is 2.20. The molecular weight excluding hydrogens is 386 g/mol. The van der Waals surface area contributed by atoms with Crippen LogP contribution in [0.25, 0.3) is 0 Å². The molecule has 1 atom stereocenters. The lowest BCUT2D eigenvalue weighted by molar-refractivity contribution is -0.140. The Balaban J connectivity index is 2.24. The maximum atomic E-state index is 12.7. The van der Waals surface area contributed by atoms with E-state index in [1.165, 1.54) is 33.1 Å². The first-order valence-corrected chi connectivity index (χ1v) is 8.76. The van der Waals surface area contributed by atoms with Crippen molar-refractivity contribution in [1.82, 2.24) is 4.90 Å². The lowest BCUT2D eigenvalue weighted by Gasteiger charge is -2.31. The van der Waals surface area contributed by atoms with Crippen LogP contribution in [0.2, 0.25) is 0 Å². The van der Waals surface area contributed by atoms with Gasteiger partial charge in [-0.05, 0) is 28.1 Å². The fourth-order valence-corrected chi connectivity index (χ4v) is 3.96. The number of ether oxygens (including phenoxy) is 3. The van der Waals surface area contributed by atoms with Crippen molar-refractivity contribution in [2.75, 3.05) is 40.2 Å². The minimum absolute atomic E-state index is 0.164. The topological polar surface area (TPSA) is 65.1 Å². The van der Waals surface area contributed by atoms with Gasteiger partial charge in [-0.25, -0.2) is 0 Å². The average molecular weight is 404 g/mol. The van der Waals surface area contributed by atoms with E-state index in [0.717, 1.165) is 0 Å². The molecular formula is C15H18BrNO5S. The number of nitrogens with zero attached hydrogens (tertiary/aromatic N) is 1. The molecule has 8 heteroatoms. The van der Waals surface area contributed by atoms with Crippen LogP contribution in [0, 0.1) is 0 Å². The molecule has 0 saturated carbocycles. The van der Waals surface area contributed by atoms with E-state index in [-0.39, 0.29) is 17.1 Å². The fraction of sp³-hybridized carbons (Fsp3) is 0.467. The highest BCUT2D eigenvalue weighted by Crippen LogP contribution is 2.36. The Morgan fingerprint density at radius 3 is 2.35 bits per heavy atom. The molecule has 0 aromatic heterocycles. The number of benzene rings is 1. The van der Waals surface area contributed by atoms with Gasteiger partial charge in [0.1, 0.15) is 21.2 Å². The second-order valence-corrected chi connectivity index (χ2v) is 6.93. The number of esters is 1. The largest absolute Gasteiger partial charge is 0.495 e. The van der Waals surface area contributed by atoms with Crippen molar-refractivity contribution in [2.24, 2.45) is 0 Å². The van der Waals surface area contributed by atoms with Crippen LogP contribution in [0.3, 0.4) is 0 Å². The maximum absolute atomic E-state index is 12.7. The van der Waals surface area contributed by atoms with Crippen LogP contribution in [0.5, 0.6) is 11.5 Å². The van der Waals surface area contributed by atoms with Crippen molar-refractivity contribution in [3.8, 4) is 11.5 Å². The van der Waals surface area contributed by atoms with Crippen LogP contribution in [0.4, 0.5) is 0 Å². The summed E-state index contributed by atoms with van der Waals surface area (Å²) in [6.45, 7) is 0.911.